The van der Waals surface area contributed by atoms with Crippen molar-refractivity contribution in [2.45, 2.75) is 5.92 Å². The zero-order valence-electron chi connectivity index (χ0n) is 13.1. The summed E-state index contributed by atoms with van der Waals surface area (Å²) < 4.78 is 10.1. The summed E-state index contributed by atoms with van der Waals surface area (Å²) in [6, 6.07) is 10.7. The van der Waals surface area contributed by atoms with Crippen LogP contribution in [-0.4, -0.2) is 31.2 Å². The number of ketones is 1. The fraction of sp³-hybridized carbons (Fsp3) is 0.176. The third-order valence-electron chi connectivity index (χ3n) is 3.54. The second kappa shape index (κ2) is 7.36. The summed E-state index contributed by atoms with van der Waals surface area (Å²) in [5.41, 5.74) is -0.194. The zero-order valence-corrected chi connectivity index (χ0v) is 13.1. The molecule has 0 fully saturated rings. The van der Waals surface area contributed by atoms with Crippen molar-refractivity contribution in [3.63, 3.8) is 0 Å². The molecule has 24 heavy (non-hydrogen) atoms. The molecule has 1 atom stereocenters. The summed E-state index contributed by atoms with van der Waals surface area (Å²) in [7, 11) is 2.69. The lowest BCUT2D eigenvalue weighted by molar-refractivity contribution is -0.385. The highest BCUT2D eigenvalue weighted by molar-refractivity contribution is 6.12. The van der Waals surface area contributed by atoms with Crippen molar-refractivity contribution >= 4 is 17.8 Å². The first-order chi connectivity index (χ1) is 11.5. The van der Waals surface area contributed by atoms with E-state index in [0.29, 0.717) is 11.8 Å². The first-order valence-electron chi connectivity index (χ1n) is 6.98. The smallest absolute Gasteiger partial charge is 0.284 e. The lowest BCUT2D eigenvalue weighted by atomic mass is 9.91. The van der Waals surface area contributed by atoms with Crippen molar-refractivity contribution in [3.05, 3.63) is 63.7 Å². The summed E-state index contributed by atoms with van der Waals surface area (Å²) in [5.74, 6) is -1.51. The number of ether oxygens (including phenoxy) is 2. The van der Waals surface area contributed by atoms with Gasteiger partial charge in [-0.25, -0.2) is 0 Å². The van der Waals surface area contributed by atoms with Gasteiger partial charge >= 0.3 is 0 Å². The number of nitro groups is 1. The van der Waals surface area contributed by atoms with Crippen molar-refractivity contribution in [1.29, 1.82) is 0 Å². The number of hydrogen-bond acceptors (Lipinski definition) is 6. The zero-order chi connectivity index (χ0) is 17.7. The van der Waals surface area contributed by atoms with Gasteiger partial charge in [0, 0.05) is 6.07 Å². The fourth-order valence-corrected chi connectivity index (χ4v) is 2.34. The van der Waals surface area contributed by atoms with E-state index in [4.69, 9.17) is 9.47 Å². The van der Waals surface area contributed by atoms with Crippen LogP contribution in [0.25, 0.3) is 0 Å². The number of nitrogens with zero attached hydrogens (tertiary/aromatic N) is 1. The Morgan fingerprint density at radius 1 is 1.12 bits per heavy atom. The Kier molecular flexibility index (Phi) is 5.26. The molecule has 124 valence electrons. The van der Waals surface area contributed by atoms with Crippen LogP contribution in [0.4, 0.5) is 5.69 Å². The van der Waals surface area contributed by atoms with Crippen LogP contribution >= 0.6 is 0 Å². The van der Waals surface area contributed by atoms with E-state index in [0.717, 1.165) is 6.07 Å². The second-order valence-electron chi connectivity index (χ2n) is 4.87. The minimum Gasteiger partial charge on any atom is -0.493 e. The number of methoxy groups -OCH3 is 2. The molecular weight excluding hydrogens is 314 g/mol. The molecule has 0 aromatic heterocycles. The highest BCUT2D eigenvalue weighted by Crippen LogP contribution is 2.36. The SMILES string of the molecule is COc1cc(C(=O)[C@H](C=O)c2ccccc2)c([N+](=O)[O-])cc1OC. The molecule has 7 heteroatoms. The average Bonchev–Trinajstić information content (AvgIpc) is 2.61. The number of carbonyl (C=O) groups excluding carboxylic acids is 2. The monoisotopic (exact) mass is 329 g/mol. The molecule has 0 aliphatic carbocycles. The van der Waals surface area contributed by atoms with Gasteiger partial charge < -0.3 is 14.3 Å². The van der Waals surface area contributed by atoms with Crippen molar-refractivity contribution in [2.24, 2.45) is 0 Å². The molecule has 0 saturated carbocycles. The molecule has 2 aromatic carbocycles. The minimum absolute atomic E-state index is 0.128. The maximum atomic E-state index is 12.7. The van der Waals surface area contributed by atoms with Crippen molar-refractivity contribution < 1.29 is 24.0 Å². The molecule has 0 aliphatic heterocycles. The molecule has 0 unspecified atom stereocenters. The Morgan fingerprint density at radius 2 is 1.71 bits per heavy atom. The van der Waals surface area contributed by atoms with Gasteiger partial charge in [-0.05, 0) is 5.56 Å². The number of Topliss-reactive ketones (excluding diaryl/α,β-unsaturated/α-hetero) is 1. The van der Waals surface area contributed by atoms with E-state index in [1.807, 2.05) is 0 Å². The van der Waals surface area contributed by atoms with Gasteiger partial charge in [0.05, 0.1) is 25.2 Å². The predicted molar refractivity (Wildman–Crippen MR) is 85.8 cm³/mol. The van der Waals surface area contributed by atoms with Crippen LogP contribution in [0.2, 0.25) is 0 Å². The third kappa shape index (κ3) is 3.24. The van der Waals surface area contributed by atoms with Crippen LogP contribution in [0.1, 0.15) is 21.8 Å². The van der Waals surface area contributed by atoms with Crippen LogP contribution in [0.15, 0.2) is 42.5 Å². The van der Waals surface area contributed by atoms with Gasteiger partial charge in [0.25, 0.3) is 5.69 Å². The number of nitro benzene ring substituents is 1. The molecule has 0 radical (unpaired) electrons. The quantitative estimate of drug-likeness (QED) is 0.255. The molecule has 0 N–H and O–H groups in total. The normalized spacial score (nSPS) is 11.4. The molecule has 0 bridgehead atoms. The molecule has 2 rings (SSSR count). The lowest BCUT2D eigenvalue weighted by Crippen LogP contribution is -2.16. The first-order valence-corrected chi connectivity index (χ1v) is 6.98. The van der Waals surface area contributed by atoms with Crippen molar-refractivity contribution in [3.8, 4) is 11.5 Å². The summed E-state index contributed by atoms with van der Waals surface area (Å²) in [6.45, 7) is 0. The summed E-state index contributed by atoms with van der Waals surface area (Å²) in [4.78, 5) is 34.8. The first kappa shape index (κ1) is 17.1. The molecule has 0 amide bonds. The Balaban J connectivity index is 2.58. The van der Waals surface area contributed by atoms with Crippen molar-refractivity contribution in [1.82, 2.24) is 0 Å². The van der Waals surface area contributed by atoms with Gasteiger partial charge in [0.2, 0.25) is 0 Å². The summed E-state index contributed by atoms with van der Waals surface area (Å²) >= 11 is 0. The molecule has 0 aliphatic rings. The molecule has 2 aromatic rings. The van der Waals surface area contributed by atoms with Crippen LogP contribution in [0, 0.1) is 10.1 Å². The average molecular weight is 329 g/mol. The highest BCUT2D eigenvalue weighted by Gasteiger charge is 2.30. The number of hydrogen-bond donors (Lipinski definition) is 0. The maximum absolute atomic E-state index is 12.7. The summed E-state index contributed by atoms with van der Waals surface area (Å²) in [6.07, 6.45) is 0.470. The van der Waals surface area contributed by atoms with E-state index in [-0.39, 0.29) is 17.1 Å². The van der Waals surface area contributed by atoms with E-state index in [9.17, 15) is 19.7 Å². The summed E-state index contributed by atoms with van der Waals surface area (Å²) in [5, 5.41) is 11.3. The van der Waals surface area contributed by atoms with Crippen LogP contribution < -0.4 is 9.47 Å². The van der Waals surface area contributed by atoms with E-state index >= 15 is 0 Å². The second-order valence-corrected chi connectivity index (χ2v) is 4.87. The Morgan fingerprint density at radius 3 is 2.21 bits per heavy atom. The number of aldehydes is 1. The molecular formula is C17H15NO6. The van der Waals surface area contributed by atoms with Gasteiger partial charge in [-0.1, -0.05) is 30.3 Å². The van der Waals surface area contributed by atoms with E-state index in [1.165, 1.54) is 20.3 Å². The number of rotatable bonds is 7. The van der Waals surface area contributed by atoms with E-state index in [2.05, 4.69) is 0 Å². The lowest BCUT2D eigenvalue weighted by Gasteiger charge is -2.13. The predicted octanol–water partition coefficient (Wildman–Crippen LogP) is 2.78. The van der Waals surface area contributed by atoms with Crippen LogP contribution in [0.5, 0.6) is 11.5 Å². The Bertz CT molecular complexity index is 772. The van der Waals surface area contributed by atoms with E-state index < -0.39 is 22.3 Å². The molecule has 7 nitrogen and oxygen atoms in total. The van der Waals surface area contributed by atoms with Gasteiger partial charge in [-0.2, -0.15) is 0 Å². The van der Waals surface area contributed by atoms with Crippen molar-refractivity contribution in [2.75, 3.05) is 14.2 Å². The molecule has 0 heterocycles. The minimum atomic E-state index is -1.14. The number of benzene rings is 2. The van der Waals surface area contributed by atoms with Gasteiger partial charge in [-0.3, -0.25) is 14.9 Å². The Labute approximate surface area is 138 Å². The third-order valence-corrected chi connectivity index (χ3v) is 3.54. The maximum Gasteiger partial charge on any atom is 0.284 e. The number of carbonyl (C=O) groups is 2. The highest BCUT2D eigenvalue weighted by atomic mass is 16.6. The topological polar surface area (TPSA) is 95.7 Å². The Hall–Kier alpha value is -3.22. The van der Waals surface area contributed by atoms with Gasteiger partial charge in [0.1, 0.15) is 17.8 Å². The van der Waals surface area contributed by atoms with Gasteiger partial charge in [-0.15, -0.1) is 0 Å². The molecule has 0 saturated heterocycles. The largest absolute Gasteiger partial charge is 0.493 e. The standard InChI is InChI=1S/C17H15NO6/c1-23-15-8-12(14(18(21)22)9-16(15)24-2)17(20)13(10-19)11-6-4-3-5-7-11/h3-10,13H,1-2H3/t13-/m1/s1. The van der Waals surface area contributed by atoms with Crippen LogP contribution in [0.3, 0.4) is 0 Å². The van der Waals surface area contributed by atoms with Gasteiger partial charge in [0.15, 0.2) is 17.3 Å². The van der Waals surface area contributed by atoms with E-state index in [1.54, 1.807) is 30.3 Å². The fourth-order valence-electron chi connectivity index (χ4n) is 2.34. The van der Waals surface area contributed by atoms with Crippen LogP contribution in [-0.2, 0) is 4.79 Å². The molecule has 0 spiro atoms.